The molecule has 2 aromatic carbocycles. The molecule has 2 aliphatic carbocycles. The molecule has 2 unspecified atom stereocenters. The van der Waals surface area contributed by atoms with E-state index in [9.17, 15) is 4.79 Å². The molecule has 2 heterocycles. The van der Waals surface area contributed by atoms with Crippen LogP contribution in [0.2, 0.25) is 0 Å². The first kappa shape index (κ1) is 23.9. The topological polar surface area (TPSA) is 79.4 Å². The number of aromatic nitrogens is 2. The number of likely N-dealkylation sites (tertiary alicyclic amines) is 1. The lowest BCUT2D eigenvalue weighted by Crippen LogP contribution is -2.31. The normalized spacial score (nSPS) is 21.9. The standard InChI is InChI=1S/C29H32FN5O2/c1-3-24(36)31-11-12-32-28-22-10-9-21(20-8-4-6-17-14-18-15-23(18)25(17)20)26(30)27(22)33-29(34-28)37-16-19-7-5-13-35(19)2/h3-4,6,8-10,18-19,23H,1,5,7,11-16H2,2H3,(H,31,36)(H,32,33,34)/t18?,19-,23?/m0/s1. The summed E-state index contributed by atoms with van der Waals surface area (Å²) in [7, 11) is 2.08. The number of halogens is 1. The predicted octanol–water partition coefficient (Wildman–Crippen LogP) is 4.28. The second kappa shape index (κ2) is 9.74. The van der Waals surface area contributed by atoms with Crippen molar-refractivity contribution >= 4 is 22.6 Å². The van der Waals surface area contributed by atoms with Crippen LogP contribution in [0.5, 0.6) is 6.01 Å². The molecular formula is C29H32FN5O2. The van der Waals surface area contributed by atoms with Crippen LogP contribution in [-0.4, -0.2) is 60.1 Å². The van der Waals surface area contributed by atoms with Gasteiger partial charge < -0.3 is 20.3 Å². The van der Waals surface area contributed by atoms with Crippen LogP contribution in [0.15, 0.2) is 43.0 Å². The molecule has 7 nitrogen and oxygen atoms in total. The number of rotatable bonds is 9. The number of carbonyl (C=O) groups is 1. The SMILES string of the molecule is C=CC(=O)NCCNc1nc(OC[C@@H]2CCCN2C)nc2c(F)c(-c3cccc4c3C3CC3C4)ccc12. The quantitative estimate of drug-likeness (QED) is 0.337. The van der Waals surface area contributed by atoms with Gasteiger partial charge in [-0.2, -0.15) is 9.97 Å². The van der Waals surface area contributed by atoms with E-state index in [4.69, 9.17) is 4.74 Å². The molecule has 0 bridgehead atoms. The van der Waals surface area contributed by atoms with Gasteiger partial charge in [-0.25, -0.2) is 4.39 Å². The molecule has 3 atom stereocenters. The molecule has 1 amide bonds. The van der Waals surface area contributed by atoms with Gasteiger partial charge in [-0.15, -0.1) is 0 Å². The lowest BCUT2D eigenvalue weighted by molar-refractivity contribution is -0.116. The van der Waals surface area contributed by atoms with Crippen molar-refractivity contribution in [2.24, 2.45) is 5.92 Å². The molecule has 1 aliphatic heterocycles. The molecule has 3 aromatic rings. The van der Waals surface area contributed by atoms with Crippen molar-refractivity contribution in [3.8, 4) is 17.1 Å². The van der Waals surface area contributed by atoms with Gasteiger partial charge in [-0.3, -0.25) is 4.79 Å². The first-order valence-corrected chi connectivity index (χ1v) is 13.1. The van der Waals surface area contributed by atoms with Crippen LogP contribution in [0.25, 0.3) is 22.0 Å². The van der Waals surface area contributed by atoms with Crippen LogP contribution in [-0.2, 0) is 11.2 Å². The van der Waals surface area contributed by atoms with Gasteiger partial charge in [0.1, 0.15) is 17.9 Å². The highest BCUT2D eigenvalue weighted by Gasteiger charge is 2.46. The van der Waals surface area contributed by atoms with E-state index in [0.29, 0.717) is 54.3 Å². The fourth-order valence-electron chi connectivity index (χ4n) is 5.92. The van der Waals surface area contributed by atoms with Crippen LogP contribution in [0.4, 0.5) is 10.2 Å². The van der Waals surface area contributed by atoms with Crippen molar-refractivity contribution in [1.29, 1.82) is 0 Å². The summed E-state index contributed by atoms with van der Waals surface area (Å²) in [4.78, 5) is 22.9. The highest BCUT2D eigenvalue weighted by molar-refractivity contribution is 5.93. The van der Waals surface area contributed by atoms with Crippen molar-refractivity contribution in [2.75, 3.05) is 38.6 Å². The Morgan fingerprint density at radius 1 is 1.24 bits per heavy atom. The van der Waals surface area contributed by atoms with E-state index < -0.39 is 0 Å². The monoisotopic (exact) mass is 501 g/mol. The van der Waals surface area contributed by atoms with Gasteiger partial charge in [0.2, 0.25) is 5.91 Å². The summed E-state index contributed by atoms with van der Waals surface area (Å²) in [5.41, 5.74) is 4.42. The molecule has 2 fully saturated rings. The molecule has 192 valence electrons. The van der Waals surface area contributed by atoms with Crippen molar-refractivity contribution in [1.82, 2.24) is 20.2 Å². The number of likely N-dealkylation sites (N-methyl/N-ethyl adjacent to an activating group) is 1. The highest BCUT2D eigenvalue weighted by atomic mass is 19.1. The summed E-state index contributed by atoms with van der Waals surface area (Å²) < 4.78 is 22.2. The molecule has 0 radical (unpaired) electrons. The number of ether oxygens (including phenoxy) is 1. The number of hydrogen-bond donors (Lipinski definition) is 2. The van der Waals surface area contributed by atoms with Crippen LogP contribution >= 0.6 is 0 Å². The number of nitrogens with zero attached hydrogens (tertiary/aromatic N) is 3. The molecule has 2 N–H and O–H groups in total. The Morgan fingerprint density at radius 3 is 2.95 bits per heavy atom. The van der Waals surface area contributed by atoms with Gasteiger partial charge >= 0.3 is 6.01 Å². The molecular weight excluding hydrogens is 469 g/mol. The van der Waals surface area contributed by atoms with Crippen molar-refractivity contribution in [2.45, 2.75) is 37.6 Å². The number of nitrogens with one attached hydrogen (secondary N) is 2. The average molecular weight is 502 g/mol. The molecule has 0 spiro atoms. The zero-order valence-electron chi connectivity index (χ0n) is 21.1. The molecule has 8 heteroatoms. The van der Waals surface area contributed by atoms with E-state index >= 15 is 4.39 Å². The zero-order chi connectivity index (χ0) is 25.5. The van der Waals surface area contributed by atoms with Crippen LogP contribution < -0.4 is 15.4 Å². The minimum atomic E-state index is -0.358. The lowest BCUT2D eigenvalue weighted by atomic mass is 9.93. The smallest absolute Gasteiger partial charge is 0.319 e. The fraction of sp³-hybridized carbons (Fsp3) is 0.414. The van der Waals surface area contributed by atoms with Crippen molar-refractivity contribution in [3.63, 3.8) is 0 Å². The van der Waals surface area contributed by atoms with E-state index in [1.54, 1.807) is 0 Å². The Bertz CT molecular complexity index is 1380. The van der Waals surface area contributed by atoms with Crippen LogP contribution in [0.3, 0.4) is 0 Å². The van der Waals surface area contributed by atoms with E-state index in [1.165, 1.54) is 23.6 Å². The summed E-state index contributed by atoms with van der Waals surface area (Å²) in [6.07, 6.45) is 5.71. The van der Waals surface area contributed by atoms with Gasteiger partial charge in [-0.05, 0) is 79.9 Å². The van der Waals surface area contributed by atoms with Crippen molar-refractivity contribution in [3.05, 3.63) is 59.9 Å². The van der Waals surface area contributed by atoms with Crippen molar-refractivity contribution < 1.29 is 13.9 Å². The summed E-state index contributed by atoms with van der Waals surface area (Å²) in [5.74, 6) is 1.15. The summed E-state index contributed by atoms with van der Waals surface area (Å²) in [6, 6.07) is 10.4. The third kappa shape index (κ3) is 4.55. The maximum Gasteiger partial charge on any atom is 0.319 e. The first-order chi connectivity index (χ1) is 18.0. The molecule has 3 aliphatic rings. The van der Waals surface area contributed by atoms with Gasteiger partial charge in [0, 0.05) is 30.1 Å². The second-order valence-electron chi connectivity index (χ2n) is 10.4. The predicted molar refractivity (Wildman–Crippen MR) is 142 cm³/mol. The fourth-order valence-corrected chi connectivity index (χ4v) is 5.92. The van der Waals surface area contributed by atoms with E-state index in [-0.39, 0.29) is 23.3 Å². The van der Waals surface area contributed by atoms with Gasteiger partial charge in [0.25, 0.3) is 0 Å². The van der Waals surface area contributed by atoms with Gasteiger partial charge in [-0.1, -0.05) is 30.8 Å². The molecule has 6 rings (SSSR count). The number of fused-ring (bicyclic) bond motifs is 4. The Balaban J connectivity index is 1.35. The first-order valence-electron chi connectivity index (χ1n) is 13.1. The molecule has 37 heavy (non-hydrogen) atoms. The molecule has 1 saturated carbocycles. The third-order valence-electron chi connectivity index (χ3n) is 8.03. The minimum Gasteiger partial charge on any atom is -0.462 e. The maximum atomic E-state index is 16.2. The Morgan fingerprint density at radius 2 is 2.14 bits per heavy atom. The Kier molecular flexibility index (Phi) is 6.28. The Labute approximate surface area is 216 Å². The van der Waals surface area contributed by atoms with E-state index in [0.717, 1.165) is 31.4 Å². The molecule has 1 aromatic heterocycles. The number of carbonyl (C=O) groups excluding carboxylic acids is 1. The number of amides is 1. The lowest BCUT2D eigenvalue weighted by Gasteiger charge is -2.19. The average Bonchev–Trinajstić information content (AvgIpc) is 3.38. The number of benzene rings is 2. The highest BCUT2D eigenvalue weighted by Crippen LogP contribution is 2.58. The second-order valence-corrected chi connectivity index (χ2v) is 10.4. The Hall–Kier alpha value is -3.52. The number of anilines is 1. The minimum absolute atomic E-state index is 0.155. The largest absolute Gasteiger partial charge is 0.462 e. The van der Waals surface area contributed by atoms with Crippen LogP contribution in [0, 0.1) is 11.7 Å². The zero-order valence-corrected chi connectivity index (χ0v) is 21.1. The summed E-state index contributed by atoms with van der Waals surface area (Å²) in [5, 5.41) is 6.54. The van der Waals surface area contributed by atoms with Crippen LogP contribution in [0.1, 0.15) is 36.3 Å². The summed E-state index contributed by atoms with van der Waals surface area (Å²) >= 11 is 0. The summed E-state index contributed by atoms with van der Waals surface area (Å²) in [6.45, 7) is 5.74. The third-order valence-corrected chi connectivity index (χ3v) is 8.03. The van der Waals surface area contributed by atoms with E-state index in [1.807, 2.05) is 24.3 Å². The van der Waals surface area contributed by atoms with E-state index in [2.05, 4.69) is 45.2 Å². The van der Waals surface area contributed by atoms with Gasteiger partial charge in [0.15, 0.2) is 5.82 Å². The molecule has 1 saturated heterocycles. The van der Waals surface area contributed by atoms with Gasteiger partial charge in [0.05, 0.1) is 0 Å². The maximum absolute atomic E-state index is 16.2. The number of hydrogen-bond acceptors (Lipinski definition) is 6.